The number of nitrogens with zero attached hydrogens (tertiary/aromatic N) is 2. The van der Waals surface area contributed by atoms with Gasteiger partial charge in [0.15, 0.2) is 5.69 Å². The molecule has 1 heterocycles. The Morgan fingerprint density at radius 2 is 1.93 bits per heavy atom. The summed E-state index contributed by atoms with van der Waals surface area (Å²) in [6.45, 7) is 3.62. The molecule has 2 aromatic carbocycles. The molecule has 0 saturated heterocycles. The van der Waals surface area contributed by atoms with E-state index >= 15 is 0 Å². The fraction of sp³-hybridized carbons (Fsp3) is 0.250. The normalized spacial score (nSPS) is 11.2. The van der Waals surface area contributed by atoms with Gasteiger partial charge in [-0.05, 0) is 23.8 Å². The SMILES string of the molecule is CC(C)C(=O)Cc1cc(Cl)c(NC(=O)c2nn(C)c3c(F)cccc23)cc1Cl. The number of fused-ring (bicyclic) bond motifs is 1. The van der Waals surface area contributed by atoms with Gasteiger partial charge in [0.25, 0.3) is 5.91 Å². The number of anilines is 1. The Labute approximate surface area is 171 Å². The molecule has 28 heavy (non-hydrogen) atoms. The minimum atomic E-state index is -0.542. The number of ketones is 1. The molecule has 0 fully saturated rings. The molecule has 1 aromatic heterocycles. The molecule has 0 bridgehead atoms. The molecular formula is C20H18Cl2FN3O2. The Balaban J connectivity index is 1.90. The Hall–Kier alpha value is -2.44. The lowest BCUT2D eigenvalue weighted by Crippen LogP contribution is -2.14. The minimum absolute atomic E-state index is 0.0386. The van der Waals surface area contributed by atoms with Crippen molar-refractivity contribution in [2.45, 2.75) is 20.3 Å². The summed E-state index contributed by atoms with van der Waals surface area (Å²) in [6, 6.07) is 7.50. The van der Waals surface area contributed by atoms with Gasteiger partial charge >= 0.3 is 0 Å². The van der Waals surface area contributed by atoms with Gasteiger partial charge < -0.3 is 5.32 Å². The molecule has 0 aliphatic heterocycles. The second-order valence-corrected chi connectivity index (χ2v) is 7.60. The van der Waals surface area contributed by atoms with E-state index in [0.717, 1.165) is 0 Å². The molecule has 1 N–H and O–H groups in total. The van der Waals surface area contributed by atoms with Crippen LogP contribution in [0.25, 0.3) is 10.9 Å². The van der Waals surface area contributed by atoms with Crippen LogP contribution in [0.3, 0.4) is 0 Å². The summed E-state index contributed by atoms with van der Waals surface area (Å²) in [4.78, 5) is 24.7. The number of para-hydroxylation sites is 1. The quantitative estimate of drug-likeness (QED) is 0.627. The number of carbonyl (C=O) groups excluding carboxylic acids is 2. The smallest absolute Gasteiger partial charge is 0.276 e. The second kappa shape index (κ2) is 7.89. The van der Waals surface area contributed by atoms with Gasteiger partial charge in [0.1, 0.15) is 17.1 Å². The minimum Gasteiger partial charge on any atom is -0.319 e. The summed E-state index contributed by atoms with van der Waals surface area (Å²) in [7, 11) is 1.56. The van der Waals surface area contributed by atoms with Gasteiger partial charge in [0.05, 0.1) is 10.7 Å². The summed E-state index contributed by atoms with van der Waals surface area (Å²) in [6.07, 6.45) is 0.161. The van der Waals surface area contributed by atoms with Crippen molar-refractivity contribution in [1.29, 1.82) is 0 Å². The molecular weight excluding hydrogens is 404 g/mol. The summed E-state index contributed by atoms with van der Waals surface area (Å²) in [5.74, 6) is -1.09. The zero-order valence-corrected chi connectivity index (χ0v) is 17.0. The van der Waals surface area contributed by atoms with E-state index in [-0.39, 0.29) is 40.0 Å². The van der Waals surface area contributed by atoms with E-state index in [1.54, 1.807) is 19.2 Å². The molecule has 5 nitrogen and oxygen atoms in total. The van der Waals surface area contributed by atoms with Crippen LogP contribution in [0.4, 0.5) is 10.1 Å². The summed E-state index contributed by atoms with van der Waals surface area (Å²) < 4.78 is 15.3. The number of halogens is 3. The van der Waals surface area contributed by atoms with E-state index in [4.69, 9.17) is 23.2 Å². The van der Waals surface area contributed by atoms with Crippen molar-refractivity contribution in [3.05, 3.63) is 57.5 Å². The number of carbonyl (C=O) groups is 2. The van der Waals surface area contributed by atoms with E-state index < -0.39 is 11.7 Å². The zero-order valence-electron chi connectivity index (χ0n) is 15.5. The van der Waals surface area contributed by atoms with Gasteiger partial charge in [0, 0.05) is 29.8 Å². The van der Waals surface area contributed by atoms with E-state index in [1.807, 2.05) is 13.8 Å². The number of rotatable bonds is 5. The first kappa shape index (κ1) is 20.3. The largest absolute Gasteiger partial charge is 0.319 e. The molecule has 0 saturated carbocycles. The average Bonchev–Trinajstić information content (AvgIpc) is 2.97. The van der Waals surface area contributed by atoms with Crippen molar-refractivity contribution in [2.75, 3.05) is 5.32 Å². The fourth-order valence-electron chi connectivity index (χ4n) is 2.85. The van der Waals surface area contributed by atoms with Crippen molar-refractivity contribution in [3.8, 4) is 0 Å². The van der Waals surface area contributed by atoms with Crippen molar-refractivity contribution in [2.24, 2.45) is 13.0 Å². The number of aromatic nitrogens is 2. The van der Waals surface area contributed by atoms with Crippen LogP contribution in [0.5, 0.6) is 0 Å². The number of Topliss-reactive ketones (excluding diaryl/α,β-unsaturated/α-hetero) is 1. The first-order valence-electron chi connectivity index (χ1n) is 8.62. The highest BCUT2D eigenvalue weighted by Crippen LogP contribution is 2.31. The Bertz CT molecular complexity index is 1090. The van der Waals surface area contributed by atoms with Crippen LogP contribution >= 0.6 is 23.2 Å². The monoisotopic (exact) mass is 421 g/mol. The summed E-state index contributed by atoms with van der Waals surface area (Å²) >= 11 is 12.5. The average molecular weight is 422 g/mol. The van der Waals surface area contributed by atoms with Gasteiger partial charge in [-0.25, -0.2) is 4.39 Å². The molecule has 0 radical (unpaired) electrons. The molecule has 0 atom stereocenters. The van der Waals surface area contributed by atoms with E-state index in [1.165, 1.54) is 22.9 Å². The number of aryl methyl sites for hydroxylation is 1. The summed E-state index contributed by atoms with van der Waals surface area (Å²) in [5.41, 5.74) is 1.18. The zero-order chi connectivity index (χ0) is 20.6. The third kappa shape index (κ3) is 3.88. The predicted octanol–water partition coefficient (Wildman–Crippen LogP) is 5.04. The lowest BCUT2D eigenvalue weighted by Gasteiger charge is -2.11. The van der Waals surface area contributed by atoms with Crippen molar-refractivity contribution in [3.63, 3.8) is 0 Å². The van der Waals surface area contributed by atoms with E-state index in [2.05, 4.69) is 10.4 Å². The van der Waals surface area contributed by atoms with Crippen LogP contribution < -0.4 is 5.32 Å². The third-order valence-electron chi connectivity index (χ3n) is 4.42. The van der Waals surface area contributed by atoms with Gasteiger partial charge in [-0.3, -0.25) is 14.3 Å². The lowest BCUT2D eigenvalue weighted by molar-refractivity contribution is -0.121. The molecule has 3 rings (SSSR count). The van der Waals surface area contributed by atoms with Gasteiger partial charge in [0.2, 0.25) is 0 Å². The Kier molecular flexibility index (Phi) is 5.72. The number of hydrogen-bond donors (Lipinski definition) is 1. The maximum Gasteiger partial charge on any atom is 0.276 e. The second-order valence-electron chi connectivity index (χ2n) is 6.78. The van der Waals surface area contributed by atoms with Crippen LogP contribution in [-0.4, -0.2) is 21.5 Å². The summed E-state index contributed by atoms with van der Waals surface area (Å²) in [5, 5.41) is 7.74. The van der Waals surface area contributed by atoms with Crippen LogP contribution in [0.1, 0.15) is 29.9 Å². The number of nitrogens with one attached hydrogen (secondary N) is 1. The molecule has 3 aromatic rings. The molecule has 0 unspecified atom stereocenters. The highest BCUT2D eigenvalue weighted by atomic mass is 35.5. The van der Waals surface area contributed by atoms with Crippen molar-refractivity contribution >= 4 is 51.5 Å². The number of hydrogen-bond acceptors (Lipinski definition) is 3. The van der Waals surface area contributed by atoms with Gasteiger partial charge in [-0.2, -0.15) is 5.10 Å². The van der Waals surface area contributed by atoms with Gasteiger partial charge in [-0.15, -0.1) is 0 Å². The van der Waals surface area contributed by atoms with E-state index in [9.17, 15) is 14.0 Å². The van der Waals surface area contributed by atoms with Crippen LogP contribution in [-0.2, 0) is 18.3 Å². The maximum absolute atomic E-state index is 14.0. The molecule has 1 amide bonds. The molecule has 0 aliphatic rings. The molecule has 0 spiro atoms. The number of benzene rings is 2. The highest BCUT2D eigenvalue weighted by molar-refractivity contribution is 6.36. The van der Waals surface area contributed by atoms with Crippen molar-refractivity contribution in [1.82, 2.24) is 9.78 Å². The van der Waals surface area contributed by atoms with Crippen molar-refractivity contribution < 1.29 is 14.0 Å². The standard InChI is InChI=1S/C20H18Cl2FN3O2/c1-10(2)17(27)8-11-7-14(22)16(9-13(11)21)24-20(28)18-12-5-4-6-15(23)19(12)26(3)25-18/h4-7,9-10H,8H2,1-3H3,(H,24,28). The first-order chi connectivity index (χ1) is 13.2. The number of amides is 1. The highest BCUT2D eigenvalue weighted by Gasteiger charge is 2.20. The van der Waals surface area contributed by atoms with Gasteiger partial charge in [-0.1, -0.05) is 49.2 Å². The Morgan fingerprint density at radius 1 is 1.21 bits per heavy atom. The molecule has 0 aliphatic carbocycles. The van der Waals surface area contributed by atoms with Crippen LogP contribution in [0.2, 0.25) is 10.0 Å². The maximum atomic E-state index is 14.0. The Morgan fingerprint density at radius 3 is 2.61 bits per heavy atom. The third-order valence-corrected chi connectivity index (χ3v) is 5.09. The predicted molar refractivity (Wildman–Crippen MR) is 109 cm³/mol. The first-order valence-corrected chi connectivity index (χ1v) is 9.37. The molecule has 8 heteroatoms. The van der Waals surface area contributed by atoms with Crippen LogP contribution in [0, 0.1) is 11.7 Å². The lowest BCUT2D eigenvalue weighted by atomic mass is 10.0. The topological polar surface area (TPSA) is 64.0 Å². The van der Waals surface area contributed by atoms with Crippen LogP contribution in [0.15, 0.2) is 30.3 Å². The molecule has 146 valence electrons. The fourth-order valence-corrected chi connectivity index (χ4v) is 3.31. The van der Waals surface area contributed by atoms with E-state index in [0.29, 0.717) is 16.0 Å².